The second-order valence-electron chi connectivity index (χ2n) is 3.89. The minimum absolute atomic E-state index is 0.112. The molecule has 3 aromatic rings. The maximum atomic E-state index is 11.9. The molecule has 2 heterocycles. The smallest absolute Gasteiger partial charge is 0.269 e. The highest BCUT2D eigenvalue weighted by Crippen LogP contribution is 2.11. The van der Waals surface area contributed by atoms with E-state index in [0.717, 1.165) is 10.9 Å². The number of fused-ring (bicyclic) bond motifs is 1. The molecule has 2 aromatic heterocycles. The molecule has 0 bridgehead atoms. The monoisotopic (exact) mass is 237 g/mol. The summed E-state index contributed by atoms with van der Waals surface area (Å²) in [5.41, 5.74) is 3.73. The van der Waals surface area contributed by atoms with Crippen molar-refractivity contribution in [3.8, 4) is 0 Å². The first-order valence-electron chi connectivity index (χ1n) is 5.63. The molecule has 0 saturated heterocycles. The van der Waals surface area contributed by atoms with Crippen LogP contribution >= 0.6 is 0 Å². The number of anilines is 1. The Morgan fingerprint density at radius 3 is 2.61 bits per heavy atom. The number of para-hydroxylation sites is 1. The van der Waals surface area contributed by atoms with E-state index < -0.39 is 0 Å². The Balaban J connectivity index is 2.16. The van der Waals surface area contributed by atoms with Crippen LogP contribution in [-0.4, -0.2) is 9.66 Å². The summed E-state index contributed by atoms with van der Waals surface area (Å²) >= 11 is 0. The van der Waals surface area contributed by atoms with E-state index in [1.807, 2.05) is 48.5 Å². The molecule has 0 aliphatic rings. The first kappa shape index (κ1) is 10.5. The Labute approximate surface area is 104 Å². The predicted molar refractivity (Wildman–Crippen MR) is 71.5 cm³/mol. The van der Waals surface area contributed by atoms with Gasteiger partial charge in [-0.25, -0.2) is 9.66 Å². The minimum Gasteiger partial charge on any atom is -0.274 e. The number of hydrogen-bond acceptors (Lipinski definition) is 3. The van der Waals surface area contributed by atoms with E-state index >= 15 is 0 Å². The molecule has 1 aromatic carbocycles. The van der Waals surface area contributed by atoms with E-state index in [4.69, 9.17) is 0 Å². The van der Waals surface area contributed by atoms with Gasteiger partial charge in [-0.3, -0.25) is 10.2 Å². The molecule has 4 heteroatoms. The van der Waals surface area contributed by atoms with Crippen LogP contribution in [0.15, 0.2) is 65.6 Å². The van der Waals surface area contributed by atoms with Crippen molar-refractivity contribution in [3.63, 3.8) is 0 Å². The van der Waals surface area contributed by atoms with Gasteiger partial charge < -0.3 is 0 Å². The maximum Gasteiger partial charge on any atom is 0.269 e. The van der Waals surface area contributed by atoms with Crippen molar-refractivity contribution in [1.29, 1.82) is 0 Å². The molecule has 0 fully saturated rings. The lowest BCUT2D eigenvalue weighted by molar-refractivity contribution is 0.931. The second kappa shape index (κ2) is 4.33. The third-order valence-electron chi connectivity index (χ3n) is 2.69. The highest BCUT2D eigenvalue weighted by Gasteiger charge is 2.02. The Morgan fingerprint density at radius 1 is 0.944 bits per heavy atom. The third kappa shape index (κ3) is 1.84. The largest absolute Gasteiger partial charge is 0.274 e. The van der Waals surface area contributed by atoms with Gasteiger partial charge in [0.15, 0.2) is 0 Å². The van der Waals surface area contributed by atoms with Crippen LogP contribution in [0, 0.1) is 0 Å². The fourth-order valence-corrected chi connectivity index (χ4v) is 1.85. The van der Waals surface area contributed by atoms with Gasteiger partial charge in [0.2, 0.25) is 0 Å². The Hall–Kier alpha value is -2.62. The number of rotatable bonds is 2. The van der Waals surface area contributed by atoms with E-state index in [1.54, 1.807) is 6.20 Å². The molecule has 0 aliphatic carbocycles. The highest BCUT2D eigenvalue weighted by atomic mass is 16.1. The number of hydrogen-bond donors (Lipinski definition) is 1. The van der Waals surface area contributed by atoms with Crippen molar-refractivity contribution in [2.75, 3.05) is 5.43 Å². The van der Waals surface area contributed by atoms with Crippen molar-refractivity contribution in [3.05, 3.63) is 71.1 Å². The zero-order chi connectivity index (χ0) is 12.4. The summed E-state index contributed by atoms with van der Waals surface area (Å²) in [5.74, 6) is 0.635. The molecule has 0 unspecified atom stereocenters. The number of benzene rings is 1. The standard InChI is InChI=1S/C14H11N3O/c18-14-9-8-11-5-1-2-6-12(11)17(14)16-13-7-3-4-10-15-13/h1-10H,(H,15,16). The zero-order valence-electron chi connectivity index (χ0n) is 9.58. The van der Waals surface area contributed by atoms with Crippen LogP contribution in [0.3, 0.4) is 0 Å². The molecule has 4 nitrogen and oxygen atoms in total. The van der Waals surface area contributed by atoms with E-state index in [2.05, 4.69) is 10.4 Å². The van der Waals surface area contributed by atoms with Crippen LogP contribution in [0.2, 0.25) is 0 Å². The number of nitrogens with zero attached hydrogens (tertiary/aromatic N) is 2. The topological polar surface area (TPSA) is 46.9 Å². The van der Waals surface area contributed by atoms with Gasteiger partial charge in [0.25, 0.3) is 5.56 Å². The van der Waals surface area contributed by atoms with Gasteiger partial charge in [-0.05, 0) is 24.3 Å². The highest BCUT2D eigenvalue weighted by molar-refractivity contribution is 5.79. The van der Waals surface area contributed by atoms with Crippen LogP contribution in [0.4, 0.5) is 5.82 Å². The minimum atomic E-state index is -0.112. The van der Waals surface area contributed by atoms with Crippen molar-refractivity contribution in [1.82, 2.24) is 9.66 Å². The molecule has 1 N–H and O–H groups in total. The maximum absolute atomic E-state index is 11.9. The normalized spacial score (nSPS) is 10.4. The van der Waals surface area contributed by atoms with Gasteiger partial charge in [0, 0.05) is 17.6 Å². The SMILES string of the molecule is O=c1ccc2ccccc2n1Nc1ccccn1. The summed E-state index contributed by atoms with van der Waals surface area (Å²) in [7, 11) is 0. The van der Waals surface area contributed by atoms with E-state index in [0.29, 0.717) is 5.82 Å². The van der Waals surface area contributed by atoms with Crippen LogP contribution in [0.5, 0.6) is 0 Å². The zero-order valence-corrected chi connectivity index (χ0v) is 9.58. The van der Waals surface area contributed by atoms with E-state index in [9.17, 15) is 4.79 Å². The first-order chi connectivity index (χ1) is 8.84. The fourth-order valence-electron chi connectivity index (χ4n) is 1.85. The van der Waals surface area contributed by atoms with Crippen LogP contribution in [-0.2, 0) is 0 Å². The first-order valence-corrected chi connectivity index (χ1v) is 5.63. The molecule has 0 amide bonds. The van der Waals surface area contributed by atoms with Gasteiger partial charge in [-0.1, -0.05) is 24.3 Å². The van der Waals surface area contributed by atoms with Crippen LogP contribution < -0.4 is 11.0 Å². The lowest BCUT2D eigenvalue weighted by atomic mass is 10.2. The van der Waals surface area contributed by atoms with E-state index in [1.165, 1.54) is 10.7 Å². The van der Waals surface area contributed by atoms with Crippen LogP contribution in [0.1, 0.15) is 0 Å². The number of pyridine rings is 2. The second-order valence-corrected chi connectivity index (χ2v) is 3.89. The predicted octanol–water partition coefficient (Wildman–Crippen LogP) is 2.27. The summed E-state index contributed by atoms with van der Waals surface area (Å²) < 4.78 is 1.50. The molecule has 18 heavy (non-hydrogen) atoms. The average molecular weight is 237 g/mol. The summed E-state index contributed by atoms with van der Waals surface area (Å²) in [6.07, 6.45) is 1.68. The van der Waals surface area contributed by atoms with Crippen LogP contribution in [0.25, 0.3) is 10.9 Å². The quantitative estimate of drug-likeness (QED) is 0.743. The van der Waals surface area contributed by atoms with Gasteiger partial charge in [0.1, 0.15) is 5.82 Å². The number of nitrogens with one attached hydrogen (secondary N) is 1. The van der Waals surface area contributed by atoms with Gasteiger partial charge in [0.05, 0.1) is 5.52 Å². The van der Waals surface area contributed by atoms with Gasteiger partial charge in [-0.15, -0.1) is 0 Å². The van der Waals surface area contributed by atoms with Crippen molar-refractivity contribution < 1.29 is 0 Å². The van der Waals surface area contributed by atoms with Gasteiger partial charge >= 0.3 is 0 Å². The molecule has 3 rings (SSSR count). The Kier molecular flexibility index (Phi) is 2.53. The fraction of sp³-hybridized carbons (Fsp3) is 0. The van der Waals surface area contributed by atoms with Crippen molar-refractivity contribution in [2.45, 2.75) is 0 Å². The molecule has 88 valence electrons. The molecular formula is C14H11N3O. The summed E-state index contributed by atoms with van der Waals surface area (Å²) in [5, 5.41) is 1.00. The van der Waals surface area contributed by atoms with Crippen molar-refractivity contribution >= 4 is 16.7 Å². The summed E-state index contributed by atoms with van der Waals surface area (Å²) in [4.78, 5) is 16.1. The lowest BCUT2D eigenvalue weighted by Gasteiger charge is -2.11. The van der Waals surface area contributed by atoms with Gasteiger partial charge in [-0.2, -0.15) is 0 Å². The molecule has 0 atom stereocenters. The average Bonchev–Trinajstić information content (AvgIpc) is 2.43. The summed E-state index contributed by atoms with van der Waals surface area (Å²) in [6.45, 7) is 0. The summed E-state index contributed by atoms with van der Waals surface area (Å²) in [6, 6.07) is 16.6. The lowest BCUT2D eigenvalue weighted by Crippen LogP contribution is -2.26. The van der Waals surface area contributed by atoms with Crippen molar-refractivity contribution in [2.24, 2.45) is 0 Å². The Morgan fingerprint density at radius 2 is 1.78 bits per heavy atom. The number of aromatic nitrogens is 2. The molecular weight excluding hydrogens is 226 g/mol. The van der Waals surface area contributed by atoms with E-state index in [-0.39, 0.29) is 5.56 Å². The third-order valence-corrected chi connectivity index (χ3v) is 2.69. The molecule has 0 radical (unpaired) electrons. The molecule has 0 spiro atoms. The molecule has 0 saturated carbocycles. The Bertz CT molecular complexity index is 735. The molecule has 0 aliphatic heterocycles.